The fourth-order valence-electron chi connectivity index (χ4n) is 6.42. The Bertz CT molecular complexity index is 2290. The Balaban J connectivity index is 0.000000194. The zero-order valence-corrected chi connectivity index (χ0v) is 35.0. The van der Waals surface area contributed by atoms with Gasteiger partial charge >= 0.3 is 132 Å². The maximum absolute atomic E-state index is 6.22. The first kappa shape index (κ1) is 36.6. The molecule has 0 fully saturated rings. The molecule has 7 aromatic rings. The number of furan rings is 1. The van der Waals surface area contributed by atoms with E-state index in [0.717, 1.165) is 79.0 Å². The molecule has 0 atom stereocenters. The molecule has 2 aromatic carbocycles. The number of benzene rings is 2. The average molecular weight is 889 g/mol. The SMILES string of the molecule is Cc1c[c-]c(-c2cc(CC(C)C)[c]([Ge]([CH3])([CH3])[CH3])cn2)cc1.Cc1cc2c(nc1C)oc1c(-c3nc4ccnc(C)c4n3C)[c-]cc(C)c12.[Ir]. The maximum Gasteiger partial charge on any atom is 0.216 e. The first-order chi connectivity index (χ1) is 22.7. The van der Waals surface area contributed by atoms with Crippen molar-refractivity contribution in [3.05, 3.63) is 101 Å². The summed E-state index contributed by atoms with van der Waals surface area (Å²) in [7, 11) is 2.01. The predicted molar refractivity (Wildman–Crippen MR) is 202 cm³/mol. The van der Waals surface area contributed by atoms with Gasteiger partial charge in [0.15, 0.2) is 0 Å². The Morgan fingerprint density at radius 2 is 1.63 bits per heavy atom. The first-order valence-electron chi connectivity index (χ1n) is 16.7. The number of aromatic nitrogens is 5. The topological polar surface area (TPSA) is 69.6 Å². The quantitative estimate of drug-likeness (QED) is 0.127. The van der Waals surface area contributed by atoms with Crippen molar-refractivity contribution in [3.8, 4) is 22.6 Å². The van der Waals surface area contributed by atoms with E-state index in [2.05, 4.69) is 109 Å². The van der Waals surface area contributed by atoms with Crippen LogP contribution in [0.15, 0.2) is 59.3 Å². The number of pyridine rings is 3. The van der Waals surface area contributed by atoms with Crippen LogP contribution in [-0.2, 0) is 33.6 Å². The Morgan fingerprint density at radius 1 is 0.878 bits per heavy atom. The molecule has 0 N–H and O–H groups in total. The van der Waals surface area contributed by atoms with Crippen molar-refractivity contribution in [3.63, 3.8) is 0 Å². The van der Waals surface area contributed by atoms with Crippen molar-refractivity contribution in [1.82, 2.24) is 24.5 Å². The van der Waals surface area contributed by atoms with E-state index >= 15 is 0 Å². The number of nitrogens with zero attached hydrogens (tertiary/aromatic N) is 5. The minimum atomic E-state index is -1.87. The van der Waals surface area contributed by atoms with Gasteiger partial charge in [-0.15, -0.1) is 17.7 Å². The molecule has 5 heterocycles. The molecule has 1 radical (unpaired) electrons. The molecule has 0 aliphatic heterocycles. The minimum Gasteiger partial charge on any atom is -0.486 e. The van der Waals surface area contributed by atoms with Gasteiger partial charge in [0.25, 0.3) is 0 Å². The van der Waals surface area contributed by atoms with Gasteiger partial charge < -0.3 is 8.98 Å². The van der Waals surface area contributed by atoms with Gasteiger partial charge in [-0.25, -0.2) is 4.98 Å². The molecule has 6 nitrogen and oxygen atoms in total. The normalized spacial score (nSPS) is 11.7. The van der Waals surface area contributed by atoms with Gasteiger partial charge in [-0.2, -0.15) is 0 Å². The third-order valence-electron chi connectivity index (χ3n) is 9.04. The predicted octanol–water partition coefficient (Wildman–Crippen LogP) is 9.56. The van der Waals surface area contributed by atoms with E-state index in [4.69, 9.17) is 14.4 Å². The summed E-state index contributed by atoms with van der Waals surface area (Å²) >= 11 is -1.87. The molecule has 49 heavy (non-hydrogen) atoms. The number of imidazole rings is 1. The molecule has 0 spiro atoms. The zero-order chi connectivity index (χ0) is 34.5. The largest absolute Gasteiger partial charge is 0.486 e. The van der Waals surface area contributed by atoms with Crippen molar-refractivity contribution in [2.45, 2.75) is 72.2 Å². The summed E-state index contributed by atoms with van der Waals surface area (Å²) in [6, 6.07) is 21.4. The average Bonchev–Trinajstić information content (AvgIpc) is 3.56. The van der Waals surface area contributed by atoms with Gasteiger partial charge in [-0.3, -0.25) is 9.97 Å². The van der Waals surface area contributed by atoms with E-state index in [0.29, 0.717) is 11.6 Å². The molecule has 0 aliphatic rings. The summed E-state index contributed by atoms with van der Waals surface area (Å²) in [4.78, 5) is 18.6. The monoisotopic (exact) mass is 890 g/mol. The van der Waals surface area contributed by atoms with Gasteiger partial charge in [0.05, 0.1) is 28.1 Å². The summed E-state index contributed by atoms with van der Waals surface area (Å²) < 4.78 is 9.83. The molecule has 0 saturated heterocycles. The molecule has 8 heteroatoms. The van der Waals surface area contributed by atoms with E-state index < -0.39 is 13.3 Å². The van der Waals surface area contributed by atoms with Crippen molar-refractivity contribution in [1.29, 1.82) is 0 Å². The van der Waals surface area contributed by atoms with Crippen LogP contribution in [0.3, 0.4) is 0 Å². The van der Waals surface area contributed by atoms with Gasteiger partial charge in [0.1, 0.15) is 0 Å². The fraction of sp³-hybridized carbons (Fsp3) is 0.317. The summed E-state index contributed by atoms with van der Waals surface area (Å²) in [5.74, 6) is 8.82. The molecular formula is C41H45GeIrN5O-2. The summed E-state index contributed by atoms with van der Waals surface area (Å²) in [5.41, 5.74) is 13.3. The Morgan fingerprint density at radius 3 is 2.29 bits per heavy atom. The summed E-state index contributed by atoms with van der Waals surface area (Å²) in [5, 5.41) is 2.12. The zero-order valence-electron chi connectivity index (χ0n) is 30.5. The second-order valence-corrected chi connectivity index (χ2v) is 25.1. The molecule has 0 saturated carbocycles. The van der Waals surface area contributed by atoms with Crippen LogP contribution in [0.1, 0.15) is 47.5 Å². The van der Waals surface area contributed by atoms with E-state index in [9.17, 15) is 0 Å². The molecular weight excluding hydrogens is 843 g/mol. The van der Waals surface area contributed by atoms with E-state index in [1.165, 1.54) is 11.1 Å². The van der Waals surface area contributed by atoms with Crippen LogP contribution in [0, 0.1) is 52.7 Å². The molecule has 5 aromatic heterocycles. The number of rotatable bonds is 5. The van der Waals surface area contributed by atoms with E-state index in [-0.39, 0.29) is 20.1 Å². The van der Waals surface area contributed by atoms with Crippen LogP contribution in [0.25, 0.3) is 55.7 Å². The second-order valence-electron chi connectivity index (χ2n) is 14.5. The van der Waals surface area contributed by atoms with Crippen molar-refractivity contribution in [2.75, 3.05) is 0 Å². The summed E-state index contributed by atoms with van der Waals surface area (Å²) in [6.45, 7) is 14.8. The Hall–Kier alpha value is -3.65. The standard InChI is InChI=1S/C22H19N4O.C19H26GeN.Ir/c1-11-6-7-15(21-25-17-8-9-23-14(4)19(17)26(21)5)20-18(11)16-10-12(2)13(3)24-22(16)27-20;1-14(2)11-17-12-19(16-9-7-15(3)8-10-16)21-13-18(17)20(4,5)6;/h6,8-10H,1-5H3;7-9,12-14H,11H2,1-6H3;/q2*-1;. The molecule has 0 unspecified atom stereocenters. The fourth-order valence-corrected chi connectivity index (χ4v) is 9.76. The van der Waals surface area contributed by atoms with Crippen LogP contribution >= 0.6 is 0 Å². The van der Waals surface area contributed by atoms with Crippen LogP contribution in [0.2, 0.25) is 17.3 Å². The third-order valence-corrected chi connectivity index (χ3v) is 13.4. The Kier molecular flexibility index (Phi) is 10.7. The van der Waals surface area contributed by atoms with Gasteiger partial charge in [0.2, 0.25) is 5.71 Å². The third kappa shape index (κ3) is 7.31. The van der Waals surface area contributed by atoms with Crippen LogP contribution in [0.5, 0.6) is 0 Å². The van der Waals surface area contributed by atoms with Gasteiger partial charge in [-0.05, 0) is 38.5 Å². The van der Waals surface area contributed by atoms with Gasteiger partial charge in [-0.1, -0.05) is 17.9 Å². The summed E-state index contributed by atoms with van der Waals surface area (Å²) in [6.07, 6.45) is 5.07. The first-order valence-corrected chi connectivity index (χ1v) is 24.1. The number of fused-ring (bicyclic) bond motifs is 4. The molecule has 0 bridgehead atoms. The van der Waals surface area contributed by atoms with Crippen LogP contribution < -0.4 is 4.40 Å². The van der Waals surface area contributed by atoms with Crippen molar-refractivity contribution in [2.24, 2.45) is 13.0 Å². The van der Waals surface area contributed by atoms with Gasteiger partial charge in [0, 0.05) is 44.4 Å². The van der Waals surface area contributed by atoms with E-state index in [1.54, 1.807) is 10.6 Å². The number of hydrogen-bond acceptors (Lipinski definition) is 5. The van der Waals surface area contributed by atoms with Crippen molar-refractivity contribution >= 4 is 50.8 Å². The molecule has 255 valence electrons. The van der Waals surface area contributed by atoms with E-state index in [1.807, 2.05) is 39.1 Å². The Labute approximate surface area is 306 Å². The smallest absolute Gasteiger partial charge is 0.216 e. The van der Waals surface area contributed by atoms with Crippen molar-refractivity contribution < 1.29 is 24.5 Å². The van der Waals surface area contributed by atoms with Crippen LogP contribution in [-0.4, -0.2) is 37.8 Å². The number of hydrogen-bond donors (Lipinski definition) is 0. The maximum atomic E-state index is 6.22. The molecule has 7 rings (SSSR count). The molecule has 0 aliphatic carbocycles. The van der Waals surface area contributed by atoms with Crippen LogP contribution in [0.4, 0.5) is 0 Å². The molecule has 0 amide bonds. The number of aryl methyl sites for hydroxylation is 6. The second kappa shape index (κ2) is 14.3. The minimum absolute atomic E-state index is 0.